The minimum Gasteiger partial charge on any atom is -0.496 e. The average molecular weight is 220 g/mol. The Morgan fingerprint density at radius 3 is 2.69 bits per heavy atom. The Kier molecular flexibility index (Phi) is 4.27. The van der Waals surface area contributed by atoms with Crippen molar-refractivity contribution in [3.63, 3.8) is 0 Å². The van der Waals surface area contributed by atoms with Crippen LogP contribution in [0.1, 0.15) is 12.5 Å². The number of hydrogen-bond acceptors (Lipinski definition) is 4. The van der Waals surface area contributed by atoms with Gasteiger partial charge in [0.15, 0.2) is 0 Å². The predicted molar refractivity (Wildman–Crippen MR) is 59.4 cm³/mol. The smallest absolute Gasteiger partial charge is 0.308 e. The molecule has 0 heterocycles. The van der Waals surface area contributed by atoms with E-state index in [2.05, 4.69) is 0 Å². The van der Waals surface area contributed by atoms with E-state index < -0.39 is 5.97 Å². The Morgan fingerprint density at radius 1 is 1.38 bits per heavy atom. The van der Waals surface area contributed by atoms with Crippen LogP contribution in [0.4, 0.5) is 0 Å². The lowest BCUT2D eigenvalue weighted by atomic mass is 10.2. The fourth-order valence-corrected chi connectivity index (χ4v) is 1.20. The highest BCUT2D eigenvalue weighted by atomic mass is 16.5. The molecule has 0 aliphatic heterocycles. The van der Waals surface area contributed by atoms with E-state index in [1.54, 1.807) is 24.3 Å². The molecule has 84 valence electrons. The second-order valence-corrected chi connectivity index (χ2v) is 2.99. The molecule has 16 heavy (non-hydrogen) atoms. The van der Waals surface area contributed by atoms with Crippen molar-refractivity contribution < 1.29 is 19.1 Å². The molecule has 0 saturated heterocycles. The summed E-state index contributed by atoms with van der Waals surface area (Å²) in [5.41, 5.74) is 0.741. The molecule has 0 aromatic heterocycles. The Hall–Kier alpha value is -2.10. The van der Waals surface area contributed by atoms with E-state index >= 15 is 0 Å². The number of methoxy groups -OCH3 is 1. The average Bonchev–Trinajstić information content (AvgIpc) is 2.26. The molecule has 4 nitrogen and oxygen atoms in total. The van der Waals surface area contributed by atoms with Gasteiger partial charge in [-0.05, 0) is 24.3 Å². The number of ether oxygens (including phenoxy) is 2. The number of esters is 1. The molecule has 0 spiro atoms. The van der Waals surface area contributed by atoms with Crippen LogP contribution in [0.15, 0.2) is 24.3 Å². The molecule has 0 unspecified atom stereocenters. The molecule has 0 amide bonds. The third-order valence-electron chi connectivity index (χ3n) is 1.82. The second-order valence-electron chi connectivity index (χ2n) is 2.99. The van der Waals surface area contributed by atoms with Crippen molar-refractivity contribution in [2.24, 2.45) is 0 Å². The Labute approximate surface area is 93.5 Å². The first-order chi connectivity index (χ1) is 7.67. The fourth-order valence-electron chi connectivity index (χ4n) is 1.20. The molecule has 1 aromatic carbocycles. The van der Waals surface area contributed by atoms with Crippen molar-refractivity contribution in [2.45, 2.75) is 6.92 Å². The lowest BCUT2D eigenvalue weighted by Gasteiger charge is -2.07. The summed E-state index contributed by atoms with van der Waals surface area (Å²) in [5, 5.41) is 0. The van der Waals surface area contributed by atoms with Gasteiger partial charge >= 0.3 is 5.97 Å². The Bertz CT molecular complexity index is 421. The molecule has 0 saturated carbocycles. The van der Waals surface area contributed by atoms with Crippen molar-refractivity contribution in [1.29, 1.82) is 0 Å². The fraction of sp³-hybridized carbons (Fsp3) is 0.167. The number of benzene rings is 1. The monoisotopic (exact) mass is 220 g/mol. The maximum absolute atomic E-state index is 10.7. The van der Waals surface area contributed by atoms with E-state index in [0.717, 1.165) is 5.56 Å². The minimum atomic E-state index is -0.391. The topological polar surface area (TPSA) is 52.6 Å². The van der Waals surface area contributed by atoms with Crippen LogP contribution in [0.2, 0.25) is 0 Å². The van der Waals surface area contributed by atoms with Crippen LogP contribution in [0.25, 0.3) is 6.08 Å². The molecule has 1 aromatic rings. The number of carbonyl (C=O) groups excluding carboxylic acids is 2. The van der Waals surface area contributed by atoms with Crippen LogP contribution in [-0.2, 0) is 9.59 Å². The standard InChI is InChI=1S/C12H12O4/c1-9(14)16-11-6-5-10(4-3-7-13)12(8-11)15-2/h3-8H,1-2H3. The van der Waals surface area contributed by atoms with Gasteiger partial charge in [0, 0.05) is 18.6 Å². The van der Waals surface area contributed by atoms with Crippen molar-refractivity contribution in [1.82, 2.24) is 0 Å². The van der Waals surface area contributed by atoms with Crippen LogP contribution in [0.5, 0.6) is 11.5 Å². The molecule has 0 radical (unpaired) electrons. The van der Waals surface area contributed by atoms with Gasteiger partial charge in [0.1, 0.15) is 17.8 Å². The van der Waals surface area contributed by atoms with Crippen molar-refractivity contribution in [3.05, 3.63) is 29.8 Å². The SMILES string of the molecule is COc1cc(OC(C)=O)ccc1C=CC=O. The van der Waals surface area contributed by atoms with Gasteiger partial charge in [-0.25, -0.2) is 0 Å². The molecule has 0 bridgehead atoms. The summed E-state index contributed by atoms with van der Waals surface area (Å²) in [5.74, 6) is 0.558. The molecular formula is C12H12O4. The maximum atomic E-state index is 10.7. The van der Waals surface area contributed by atoms with Gasteiger partial charge in [-0.2, -0.15) is 0 Å². The third kappa shape index (κ3) is 3.24. The van der Waals surface area contributed by atoms with Gasteiger partial charge in [-0.15, -0.1) is 0 Å². The van der Waals surface area contributed by atoms with Crippen molar-refractivity contribution in [3.8, 4) is 11.5 Å². The molecule has 0 aliphatic carbocycles. The zero-order chi connectivity index (χ0) is 12.0. The van der Waals surface area contributed by atoms with E-state index in [0.29, 0.717) is 17.8 Å². The number of rotatable bonds is 4. The molecule has 0 N–H and O–H groups in total. The van der Waals surface area contributed by atoms with Crippen LogP contribution in [-0.4, -0.2) is 19.4 Å². The highest BCUT2D eigenvalue weighted by Gasteiger charge is 2.04. The van der Waals surface area contributed by atoms with Gasteiger partial charge in [0.25, 0.3) is 0 Å². The first-order valence-electron chi connectivity index (χ1n) is 4.65. The van der Waals surface area contributed by atoms with Crippen LogP contribution < -0.4 is 9.47 Å². The summed E-state index contributed by atoms with van der Waals surface area (Å²) in [6, 6.07) is 4.93. The Morgan fingerprint density at radius 2 is 2.12 bits per heavy atom. The minimum absolute atomic E-state index is 0.391. The van der Waals surface area contributed by atoms with E-state index in [1.807, 2.05) is 0 Å². The largest absolute Gasteiger partial charge is 0.496 e. The maximum Gasteiger partial charge on any atom is 0.308 e. The van der Waals surface area contributed by atoms with Gasteiger partial charge < -0.3 is 9.47 Å². The molecule has 0 atom stereocenters. The molecule has 4 heteroatoms. The number of carbonyl (C=O) groups is 2. The quantitative estimate of drug-likeness (QED) is 0.336. The third-order valence-corrected chi connectivity index (χ3v) is 1.82. The summed E-state index contributed by atoms with van der Waals surface area (Å²) in [6.45, 7) is 1.33. The van der Waals surface area contributed by atoms with E-state index in [-0.39, 0.29) is 0 Å². The summed E-state index contributed by atoms with van der Waals surface area (Å²) in [4.78, 5) is 20.9. The van der Waals surface area contributed by atoms with E-state index in [1.165, 1.54) is 20.1 Å². The molecule has 1 rings (SSSR count). The van der Waals surface area contributed by atoms with E-state index in [4.69, 9.17) is 9.47 Å². The van der Waals surface area contributed by atoms with Crippen LogP contribution in [0, 0.1) is 0 Å². The van der Waals surface area contributed by atoms with Gasteiger partial charge in [-0.3, -0.25) is 9.59 Å². The molecule has 0 fully saturated rings. The molecular weight excluding hydrogens is 208 g/mol. The second kappa shape index (κ2) is 5.70. The Balaban J connectivity index is 3.01. The van der Waals surface area contributed by atoms with Crippen LogP contribution >= 0.6 is 0 Å². The lowest BCUT2D eigenvalue weighted by Crippen LogP contribution is -2.01. The first kappa shape index (κ1) is 12.0. The van der Waals surface area contributed by atoms with Gasteiger partial charge in [0.05, 0.1) is 7.11 Å². The summed E-state index contributed by atoms with van der Waals surface area (Å²) >= 11 is 0. The van der Waals surface area contributed by atoms with Crippen LogP contribution in [0.3, 0.4) is 0 Å². The first-order valence-corrected chi connectivity index (χ1v) is 4.65. The summed E-state index contributed by atoms with van der Waals surface area (Å²) < 4.78 is 10.0. The predicted octanol–water partition coefficient (Wildman–Crippen LogP) is 1.83. The zero-order valence-corrected chi connectivity index (χ0v) is 9.10. The summed E-state index contributed by atoms with van der Waals surface area (Å²) in [7, 11) is 1.51. The van der Waals surface area contributed by atoms with Crippen molar-refractivity contribution in [2.75, 3.05) is 7.11 Å². The number of hydrogen-bond donors (Lipinski definition) is 0. The molecule has 0 aliphatic rings. The number of aldehydes is 1. The lowest BCUT2D eigenvalue weighted by molar-refractivity contribution is -0.131. The highest BCUT2D eigenvalue weighted by molar-refractivity contribution is 5.76. The normalized spacial score (nSPS) is 10.1. The van der Waals surface area contributed by atoms with Gasteiger partial charge in [-0.1, -0.05) is 0 Å². The van der Waals surface area contributed by atoms with Gasteiger partial charge in [0.2, 0.25) is 0 Å². The van der Waals surface area contributed by atoms with Crippen molar-refractivity contribution >= 4 is 18.3 Å². The highest BCUT2D eigenvalue weighted by Crippen LogP contribution is 2.25. The number of allylic oxidation sites excluding steroid dienone is 1. The van der Waals surface area contributed by atoms with E-state index in [9.17, 15) is 9.59 Å². The zero-order valence-electron chi connectivity index (χ0n) is 9.10. The summed E-state index contributed by atoms with van der Waals surface area (Å²) in [6.07, 6.45) is 3.66.